The molecular formula is C16H17FN2O2. The number of phenols is 1. The average molecular weight is 288 g/mol. The van der Waals surface area contributed by atoms with Crippen LogP contribution in [-0.2, 0) is 6.42 Å². The fourth-order valence-electron chi connectivity index (χ4n) is 1.95. The van der Waals surface area contributed by atoms with Gasteiger partial charge in [-0.25, -0.2) is 4.98 Å². The van der Waals surface area contributed by atoms with Crippen molar-refractivity contribution in [3.8, 4) is 5.75 Å². The van der Waals surface area contributed by atoms with Crippen molar-refractivity contribution in [2.24, 2.45) is 0 Å². The highest BCUT2D eigenvalue weighted by Crippen LogP contribution is 2.12. The fraction of sp³-hybridized carbons (Fsp3) is 0.250. The molecule has 2 aromatic rings. The van der Waals surface area contributed by atoms with Crippen LogP contribution in [-0.4, -0.2) is 22.0 Å². The predicted octanol–water partition coefficient (Wildman–Crippen LogP) is 2.68. The van der Waals surface area contributed by atoms with Gasteiger partial charge >= 0.3 is 0 Å². The highest BCUT2D eigenvalue weighted by atomic mass is 19.1. The molecule has 0 aliphatic rings. The van der Waals surface area contributed by atoms with Gasteiger partial charge in [-0.2, -0.15) is 4.39 Å². The van der Waals surface area contributed by atoms with Crippen LogP contribution in [0.1, 0.15) is 29.4 Å². The van der Waals surface area contributed by atoms with Crippen LogP contribution in [0.3, 0.4) is 0 Å². The van der Waals surface area contributed by atoms with Gasteiger partial charge in [-0.05, 0) is 49.6 Å². The number of halogens is 1. The third kappa shape index (κ3) is 4.56. The minimum Gasteiger partial charge on any atom is -0.508 e. The zero-order chi connectivity index (χ0) is 15.2. The van der Waals surface area contributed by atoms with Gasteiger partial charge in [-0.15, -0.1) is 0 Å². The Morgan fingerprint density at radius 3 is 2.67 bits per heavy atom. The Morgan fingerprint density at radius 2 is 2.00 bits per heavy atom. The third-order valence-corrected chi connectivity index (χ3v) is 3.13. The maximum Gasteiger partial charge on any atom is 0.270 e. The summed E-state index contributed by atoms with van der Waals surface area (Å²) in [5, 5.41) is 12.0. The predicted molar refractivity (Wildman–Crippen MR) is 77.6 cm³/mol. The molecule has 0 saturated heterocycles. The monoisotopic (exact) mass is 288 g/mol. The second-order valence-corrected chi connectivity index (χ2v) is 4.93. The van der Waals surface area contributed by atoms with E-state index >= 15 is 0 Å². The molecule has 2 N–H and O–H groups in total. The van der Waals surface area contributed by atoms with E-state index in [1.807, 2.05) is 19.1 Å². The van der Waals surface area contributed by atoms with Gasteiger partial charge in [-0.1, -0.05) is 18.2 Å². The molecule has 0 saturated carbocycles. The smallest absolute Gasteiger partial charge is 0.270 e. The van der Waals surface area contributed by atoms with Crippen molar-refractivity contribution in [2.75, 3.05) is 0 Å². The third-order valence-electron chi connectivity index (χ3n) is 3.13. The molecule has 0 aliphatic carbocycles. The number of pyridine rings is 1. The molecule has 0 bridgehead atoms. The summed E-state index contributed by atoms with van der Waals surface area (Å²) >= 11 is 0. The van der Waals surface area contributed by atoms with E-state index in [2.05, 4.69) is 10.3 Å². The molecule has 1 unspecified atom stereocenters. The molecule has 2 rings (SSSR count). The first kappa shape index (κ1) is 15.0. The molecule has 0 fully saturated rings. The normalized spacial score (nSPS) is 11.9. The molecule has 21 heavy (non-hydrogen) atoms. The molecule has 0 spiro atoms. The van der Waals surface area contributed by atoms with Crippen molar-refractivity contribution in [2.45, 2.75) is 25.8 Å². The van der Waals surface area contributed by atoms with E-state index in [0.717, 1.165) is 18.4 Å². The summed E-state index contributed by atoms with van der Waals surface area (Å²) in [4.78, 5) is 15.4. The van der Waals surface area contributed by atoms with Crippen LogP contribution in [0.4, 0.5) is 4.39 Å². The first-order valence-electron chi connectivity index (χ1n) is 6.76. The topological polar surface area (TPSA) is 62.2 Å². The van der Waals surface area contributed by atoms with E-state index in [1.165, 1.54) is 18.2 Å². The largest absolute Gasteiger partial charge is 0.508 e. The zero-order valence-electron chi connectivity index (χ0n) is 11.7. The Hall–Kier alpha value is -2.43. The van der Waals surface area contributed by atoms with Crippen LogP contribution in [0.15, 0.2) is 42.5 Å². The summed E-state index contributed by atoms with van der Waals surface area (Å²) < 4.78 is 13.0. The Kier molecular flexibility index (Phi) is 4.87. The van der Waals surface area contributed by atoms with Crippen molar-refractivity contribution < 1.29 is 14.3 Å². The molecule has 1 aromatic heterocycles. The number of hydrogen-bond acceptors (Lipinski definition) is 3. The lowest BCUT2D eigenvalue weighted by Crippen LogP contribution is -2.33. The van der Waals surface area contributed by atoms with E-state index < -0.39 is 5.95 Å². The highest BCUT2D eigenvalue weighted by Gasteiger charge is 2.11. The number of nitrogens with one attached hydrogen (secondary N) is 1. The highest BCUT2D eigenvalue weighted by molar-refractivity contribution is 5.92. The summed E-state index contributed by atoms with van der Waals surface area (Å²) in [5.74, 6) is -0.815. The number of phenolic OH excluding ortho intramolecular Hbond substituents is 1. The SMILES string of the molecule is CC(CCc1ccc(O)cc1)NC(=O)c1cccc(F)n1. The number of aryl methyl sites for hydroxylation is 1. The van der Waals surface area contributed by atoms with Gasteiger partial charge in [0.2, 0.25) is 5.95 Å². The van der Waals surface area contributed by atoms with Crippen molar-refractivity contribution >= 4 is 5.91 Å². The maximum absolute atomic E-state index is 13.0. The Bertz CT molecular complexity index is 614. The lowest BCUT2D eigenvalue weighted by Gasteiger charge is -2.13. The number of hydrogen-bond donors (Lipinski definition) is 2. The fourth-order valence-corrected chi connectivity index (χ4v) is 1.95. The Labute approximate surface area is 122 Å². The molecule has 1 amide bonds. The minimum atomic E-state index is -0.667. The van der Waals surface area contributed by atoms with E-state index in [4.69, 9.17) is 0 Å². The number of aromatic hydroxyl groups is 1. The van der Waals surface area contributed by atoms with Gasteiger partial charge in [0.15, 0.2) is 0 Å². The molecule has 5 heteroatoms. The summed E-state index contributed by atoms with van der Waals surface area (Å²) in [7, 11) is 0. The number of benzene rings is 1. The van der Waals surface area contributed by atoms with Crippen LogP contribution < -0.4 is 5.32 Å². The quantitative estimate of drug-likeness (QED) is 0.831. The molecular weight excluding hydrogens is 271 g/mol. The summed E-state index contributed by atoms with van der Waals surface area (Å²) in [6, 6.07) is 11.0. The van der Waals surface area contributed by atoms with E-state index in [1.54, 1.807) is 12.1 Å². The molecule has 1 aromatic carbocycles. The minimum absolute atomic E-state index is 0.0589. The van der Waals surface area contributed by atoms with E-state index in [-0.39, 0.29) is 23.4 Å². The number of carbonyl (C=O) groups excluding carboxylic acids is 1. The summed E-state index contributed by atoms with van der Waals surface area (Å²) in [6.07, 6.45) is 1.52. The number of rotatable bonds is 5. The van der Waals surface area contributed by atoms with Gasteiger partial charge in [-0.3, -0.25) is 4.79 Å². The van der Waals surface area contributed by atoms with Crippen molar-refractivity contribution in [3.63, 3.8) is 0 Å². The van der Waals surface area contributed by atoms with Gasteiger partial charge < -0.3 is 10.4 Å². The maximum atomic E-state index is 13.0. The second kappa shape index (κ2) is 6.83. The van der Waals surface area contributed by atoms with Crippen LogP contribution in [0.2, 0.25) is 0 Å². The van der Waals surface area contributed by atoms with Gasteiger partial charge in [0, 0.05) is 6.04 Å². The van der Waals surface area contributed by atoms with Crippen LogP contribution in [0.25, 0.3) is 0 Å². The molecule has 0 aliphatic heterocycles. The number of aromatic nitrogens is 1. The standard InChI is InChI=1S/C16H17FN2O2/c1-11(5-6-12-7-9-13(20)10-8-12)18-16(21)14-3-2-4-15(17)19-14/h2-4,7-11,20H,5-6H2,1H3,(H,18,21). The van der Waals surface area contributed by atoms with Crippen molar-refractivity contribution in [3.05, 3.63) is 59.7 Å². The van der Waals surface area contributed by atoms with Crippen LogP contribution >= 0.6 is 0 Å². The zero-order valence-corrected chi connectivity index (χ0v) is 11.7. The first-order valence-corrected chi connectivity index (χ1v) is 6.76. The van der Waals surface area contributed by atoms with Crippen LogP contribution in [0.5, 0.6) is 5.75 Å². The summed E-state index contributed by atoms with van der Waals surface area (Å²) in [5.41, 5.74) is 1.16. The van der Waals surface area contributed by atoms with Gasteiger partial charge in [0.25, 0.3) is 5.91 Å². The van der Waals surface area contributed by atoms with Crippen molar-refractivity contribution in [1.82, 2.24) is 10.3 Å². The lowest BCUT2D eigenvalue weighted by atomic mass is 10.1. The molecule has 110 valence electrons. The molecule has 0 radical (unpaired) electrons. The number of amides is 1. The van der Waals surface area contributed by atoms with E-state index in [0.29, 0.717) is 0 Å². The molecule has 1 atom stereocenters. The molecule has 4 nitrogen and oxygen atoms in total. The second-order valence-electron chi connectivity index (χ2n) is 4.93. The first-order chi connectivity index (χ1) is 10.0. The Morgan fingerprint density at radius 1 is 1.29 bits per heavy atom. The molecule has 1 heterocycles. The number of carbonyl (C=O) groups is 1. The van der Waals surface area contributed by atoms with Crippen molar-refractivity contribution in [1.29, 1.82) is 0 Å². The average Bonchev–Trinajstić information content (AvgIpc) is 2.46. The lowest BCUT2D eigenvalue weighted by molar-refractivity contribution is 0.0932. The van der Waals surface area contributed by atoms with Crippen LogP contribution in [0, 0.1) is 5.95 Å². The summed E-state index contributed by atoms with van der Waals surface area (Å²) in [6.45, 7) is 1.89. The van der Waals surface area contributed by atoms with E-state index in [9.17, 15) is 14.3 Å². The van der Waals surface area contributed by atoms with Gasteiger partial charge in [0.05, 0.1) is 0 Å². The van der Waals surface area contributed by atoms with Gasteiger partial charge in [0.1, 0.15) is 11.4 Å². The number of nitrogens with zero attached hydrogens (tertiary/aromatic N) is 1. The Balaban J connectivity index is 1.85.